The van der Waals surface area contributed by atoms with Crippen molar-refractivity contribution in [3.05, 3.63) is 24.2 Å². The van der Waals surface area contributed by atoms with Crippen molar-refractivity contribution >= 4 is 11.2 Å². The van der Waals surface area contributed by atoms with Gasteiger partial charge in [0.15, 0.2) is 5.65 Å². The number of hydrogen-bond acceptors (Lipinski definition) is 3. The van der Waals surface area contributed by atoms with Crippen LogP contribution < -0.4 is 5.73 Å². The van der Waals surface area contributed by atoms with Crippen molar-refractivity contribution in [2.24, 2.45) is 18.7 Å². The van der Waals surface area contributed by atoms with E-state index in [0.717, 1.165) is 35.7 Å². The lowest BCUT2D eigenvalue weighted by atomic mass is 9.70. The Bertz CT molecular complexity index is 579. The first-order chi connectivity index (χ1) is 9.16. The number of nitrogens with two attached hydrogens (primary N) is 1. The molecule has 102 valence electrons. The highest BCUT2D eigenvalue weighted by atomic mass is 15.1. The average molecular weight is 258 g/mol. The summed E-state index contributed by atoms with van der Waals surface area (Å²) in [7, 11) is 2.06. The van der Waals surface area contributed by atoms with Crippen LogP contribution in [0.25, 0.3) is 11.2 Å². The minimum absolute atomic E-state index is 0.0436. The van der Waals surface area contributed by atoms with Crippen LogP contribution >= 0.6 is 0 Å². The van der Waals surface area contributed by atoms with Gasteiger partial charge in [0, 0.05) is 25.2 Å². The van der Waals surface area contributed by atoms with Gasteiger partial charge >= 0.3 is 0 Å². The first-order valence-electron chi connectivity index (χ1n) is 7.14. The fourth-order valence-corrected chi connectivity index (χ4v) is 3.33. The van der Waals surface area contributed by atoms with Gasteiger partial charge in [0.2, 0.25) is 0 Å². The first kappa shape index (κ1) is 12.6. The monoisotopic (exact) mass is 258 g/mol. The molecule has 2 aromatic rings. The second-order valence-corrected chi connectivity index (χ2v) is 6.01. The fraction of sp³-hybridized carbons (Fsp3) is 0.600. The standard InChI is InChI=1S/C15H22N4/c1-11-5-7-15(10-16,8-6-11)14-18-12-4-3-9-17-13(12)19(14)2/h3-4,9,11H,5-8,10,16H2,1-2H3. The number of fused-ring (bicyclic) bond motifs is 1. The van der Waals surface area contributed by atoms with Crippen LogP contribution in [0.1, 0.15) is 38.4 Å². The molecule has 0 unspecified atom stereocenters. The lowest BCUT2D eigenvalue weighted by Crippen LogP contribution is -2.40. The van der Waals surface area contributed by atoms with Crippen LogP contribution in [-0.2, 0) is 12.5 Å². The van der Waals surface area contributed by atoms with Gasteiger partial charge in [-0.15, -0.1) is 0 Å². The second-order valence-electron chi connectivity index (χ2n) is 6.01. The van der Waals surface area contributed by atoms with E-state index < -0.39 is 0 Å². The van der Waals surface area contributed by atoms with E-state index >= 15 is 0 Å². The summed E-state index contributed by atoms with van der Waals surface area (Å²) in [6.07, 6.45) is 6.59. The average Bonchev–Trinajstić information content (AvgIpc) is 2.79. The molecule has 1 aliphatic carbocycles. The molecular formula is C15H22N4. The Morgan fingerprint density at radius 3 is 2.79 bits per heavy atom. The van der Waals surface area contributed by atoms with Crippen LogP contribution in [0.4, 0.5) is 0 Å². The number of nitrogens with zero attached hydrogens (tertiary/aromatic N) is 3. The second kappa shape index (κ2) is 4.60. The van der Waals surface area contributed by atoms with Gasteiger partial charge in [0.1, 0.15) is 11.3 Å². The Morgan fingerprint density at radius 1 is 1.42 bits per heavy atom. The number of hydrogen-bond donors (Lipinski definition) is 1. The Hall–Kier alpha value is -1.42. The molecule has 0 radical (unpaired) electrons. The SMILES string of the molecule is CC1CCC(CN)(c2nc3cccnc3n2C)CC1. The zero-order valence-electron chi connectivity index (χ0n) is 11.8. The van der Waals surface area contributed by atoms with Crippen LogP contribution in [-0.4, -0.2) is 21.1 Å². The summed E-state index contributed by atoms with van der Waals surface area (Å²) in [5.74, 6) is 1.93. The first-order valence-corrected chi connectivity index (χ1v) is 7.14. The number of aromatic nitrogens is 3. The van der Waals surface area contributed by atoms with Crippen molar-refractivity contribution in [2.75, 3.05) is 6.54 Å². The highest BCUT2D eigenvalue weighted by molar-refractivity contribution is 5.71. The van der Waals surface area contributed by atoms with E-state index in [0.29, 0.717) is 6.54 Å². The third kappa shape index (κ3) is 1.94. The molecular weight excluding hydrogens is 236 g/mol. The summed E-state index contributed by atoms with van der Waals surface area (Å²) in [5.41, 5.74) is 8.12. The minimum Gasteiger partial charge on any atom is -0.329 e. The maximum atomic E-state index is 6.13. The van der Waals surface area contributed by atoms with Crippen LogP contribution in [0.15, 0.2) is 18.3 Å². The third-order valence-electron chi connectivity index (χ3n) is 4.72. The van der Waals surface area contributed by atoms with Gasteiger partial charge in [-0.1, -0.05) is 6.92 Å². The van der Waals surface area contributed by atoms with Gasteiger partial charge in [-0.3, -0.25) is 0 Å². The molecule has 0 spiro atoms. The smallest absolute Gasteiger partial charge is 0.159 e. The number of pyridine rings is 1. The Morgan fingerprint density at radius 2 is 2.16 bits per heavy atom. The molecule has 1 fully saturated rings. The quantitative estimate of drug-likeness (QED) is 0.899. The van der Waals surface area contributed by atoms with Crippen LogP contribution in [0.5, 0.6) is 0 Å². The topological polar surface area (TPSA) is 56.7 Å². The van der Waals surface area contributed by atoms with Crippen molar-refractivity contribution < 1.29 is 0 Å². The zero-order valence-corrected chi connectivity index (χ0v) is 11.8. The fourth-order valence-electron chi connectivity index (χ4n) is 3.33. The summed E-state index contributed by atoms with van der Waals surface area (Å²) in [4.78, 5) is 9.26. The largest absolute Gasteiger partial charge is 0.329 e. The molecule has 0 bridgehead atoms. The van der Waals surface area contributed by atoms with Crippen LogP contribution in [0, 0.1) is 5.92 Å². The molecule has 1 aliphatic rings. The number of imidazole rings is 1. The number of rotatable bonds is 2. The van der Waals surface area contributed by atoms with Crippen molar-refractivity contribution in [1.29, 1.82) is 0 Å². The third-order valence-corrected chi connectivity index (χ3v) is 4.72. The number of aryl methyl sites for hydroxylation is 1. The Balaban J connectivity index is 2.09. The van der Waals surface area contributed by atoms with Gasteiger partial charge < -0.3 is 10.3 Å². The predicted octanol–water partition coefficient (Wildman–Crippen LogP) is 2.37. The molecule has 3 rings (SSSR count). The highest BCUT2D eigenvalue weighted by Gasteiger charge is 2.38. The summed E-state index contributed by atoms with van der Waals surface area (Å²) in [5, 5.41) is 0. The van der Waals surface area contributed by atoms with E-state index in [1.807, 2.05) is 18.3 Å². The van der Waals surface area contributed by atoms with E-state index in [4.69, 9.17) is 10.7 Å². The summed E-state index contributed by atoms with van der Waals surface area (Å²) in [6, 6.07) is 3.97. The maximum Gasteiger partial charge on any atom is 0.159 e. The molecule has 0 amide bonds. The van der Waals surface area contributed by atoms with Gasteiger partial charge in [-0.25, -0.2) is 9.97 Å². The molecule has 0 atom stereocenters. The van der Waals surface area contributed by atoms with Crippen molar-refractivity contribution in [3.8, 4) is 0 Å². The normalized spacial score (nSPS) is 27.8. The van der Waals surface area contributed by atoms with Gasteiger partial charge in [-0.2, -0.15) is 0 Å². The van der Waals surface area contributed by atoms with Crippen LogP contribution in [0.2, 0.25) is 0 Å². The Kier molecular flexibility index (Phi) is 3.05. The molecule has 4 nitrogen and oxygen atoms in total. The molecule has 2 aromatic heterocycles. The molecule has 0 aliphatic heterocycles. The Labute approximate surface area is 114 Å². The lowest BCUT2D eigenvalue weighted by Gasteiger charge is -2.37. The summed E-state index contributed by atoms with van der Waals surface area (Å²) >= 11 is 0. The van der Waals surface area contributed by atoms with Gasteiger partial charge in [0.25, 0.3) is 0 Å². The molecule has 2 heterocycles. The van der Waals surface area contributed by atoms with E-state index in [1.165, 1.54) is 12.8 Å². The zero-order chi connectivity index (χ0) is 13.5. The molecule has 1 saturated carbocycles. The molecule has 0 aromatic carbocycles. The van der Waals surface area contributed by atoms with E-state index in [9.17, 15) is 0 Å². The molecule has 19 heavy (non-hydrogen) atoms. The maximum absolute atomic E-state index is 6.13. The van der Waals surface area contributed by atoms with E-state index in [1.54, 1.807) is 0 Å². The van der Waals surface area contributed by atoms with Gasteiger partial charge in [0.05, 0.1) is 0 Å². The molecule has 2 N–H and O–H groups in total. The summed E-state index contributed by atoms with van der Waals surface area (Å²) in [6.45, 7) is 3.01. The van der Waals surface area contributed by atoms with Crippen molar-refractivity contribution in [3.63, 3.8) is 0 Å². The van der Waals surface area contributed by atoms with E-state index in [2.05, 4.69) is 23.5 Å². The molecule has 0 saturated heterocycles. The summed E-state index contributed by atoms with van der Waals surface area (Å²) < 4.78 is 2.14. The van der Waals surface area contributed by atoms with Gasteiger partial charge in [-0.05, 0) is 43.7 Å². The van der Waals surface area contributed by atoms with E-state index in [-0.39, 0.29) is 5.41 Å². The minimum atomic E-state index is 0.0436. The predicted molar refractivity (Wildman–Crippen MR) is 76.9 cm³/mol. The molecule has 4 heteroatoms. The van der Waals surface area contributed by atoms with Crippen LogP contribution in [0.3, 0.4) is 0 Å². The highest BCUT2D eigenvalue weighted by Crippen LogP contribution is 2.40. The lowest BCUT2D eigenvalue weighted by molar-refractivity contribution is 0.233. The van der Waals surface area contributed by atoms with Crippen molar-refractivity contribution in [1.82, 2.24) is 14.5 Å². The van der Waals surface area contributed by atoms with Crippen molar-refractivity contribution in [2.45, 2.75) is 38.0 Å².